The highest BCUT2D eigenvalue weighted by Crippen LogP contribution is 2.46. The fraction of sp³-hybridized carbons (Fsp3) is 0.533. The number of pyridine rings is 2. The van der Waals surface area contributed by atoms with Crippen molar-refractivity contribution in [1.29, 1.82) is 0 Å². The van der Waals surface area contributed by atoms with Crippen LogP contribution < -0.4 is 32.1 Å². The summed E-state index contributed by atoms with van der Waals surface area (Å²) in [5, 5.41) is 25.2. The van der Waals surface area contributed by atoms with Crippen LogP contribution in [0.2, 0.25) is 0 Å². The van der Waals surface area contributed by atoms with E-state index in [2.05, 4.69) is 26.6 Å². The normalized spacial score (nSPS) is 20.5. The lowest BCUT2D eigenvalue weighted by molar-refractivity contribution is -0.172. The average molecular weight is 919 g/mol. The van der Waals surface area contributed by atoms with Crippen molar-refractivity contribution >= 4 is 52.3 Å². The number of likely N-dealkylation sites (tertiary alicyclic amines) is 1. The SMILES string of the molecule is CC[C@@]1(O)C(=O)OCc2c1cc1n(c2=O)Cc2c-1nc1cc(F)c(C)c3c1c2[C@@H](NC(=O)[C@@H]1CCCN1C(=O)COCNC(=O)[C@H](C)NC(=O)[C@@H](C)NC(=O)[C@H](C)NC(=O)CCOC)CC3. The lowest BCUT2D eigenvalue weighted by Crippen LogP contribution is -2.54. The zero-order valence-electron chi connectivity index (χ0n) is 37.7. The average Bonchev–Trinajstić information content (AvgIpc) is 3.94. The molecule has 1 fully saturated rings. The van der Waals surface area contributed by atoms with Crippen LogP contribution in [0.4, 0.5) is 4.39 Å². The van der Waals surface area contributed by atoms with E-state index in [0.29, 0.717) is 64.7 Å². The highest BCUT2D eigenvalue weighted by Gasteiger charge is 2.46. The Morgan fingerprint density at radius 1 is 0.985 bits per heavy atom. The van der Waals surface area contributed by atoms with E-state index in [4.69, 9.17) is 19.2 Å². The number of methoxy groups -OCH3 is 1. The lowest BCUT2D eigenvalue weighted by Gasteiger charge is -2.32. The molecule has 1 saturated heterocycles. The first kappa shape index (κ1) is 47.6. The Hall–Kier alpha value is -6.32. The van der Waals surface area contributed by atoms with Crippen molar-refractivity contribution in [3.63, 3.8) is 0 Å². The molecule has 0 radical (unpaired) electrons. The predicted octanol–water partition coefficient (Wildman–Crippen LogP) is 0.263. The molecule has 5 heterocycles. The fourth-order valence-corrected chi connectivity index (χ4v) is 9.18. The summed E-state index contributed by atoms with van der Waals surface area (Å²) in [7, 11) is 1.44. The fourth-order valence-electron chi connectivity index (χ4n) is 9.18. The molecule has 1 aromatic carbocycles. The summed E-state index contributed by atoms with van der Waals surface area (Å²) in [6, 6.07) is -1.55. The second-order valence-corrected chi connectivity index (χ2v) is 17.2. The van der Waals surface area contributed by atoms with Crippen LogP contribution in [0.5, 0.6) is 0 Å². The van der Waals surface area contributed by atoms with E-state index in [1.165, 1.54) is 43.4 Å². The molecule has 20 nitrogen and oxygen atoms in total. The quantitative estimate of drug-likeness (QED) is 0.0501. The van der Waals surface area contributed by atoms with Gasteiger partial charge in [-0.25, -0.2) is 14.2 Å². The van der Waals surface area contributed by atoms with Crippen molar-refractivity contribution in [2.24, 2.45) is 0 Å². The molecule has 0 saturated carbocycles. The van der Waals surface area contributed by atoms with E-state index < -0.39 is 95.2 Å². The van der Waals surface area contributed by atoms with Gasteiger partial charge in [-0.3, -0.25) is 33.6 Å². The van der Waals surface area contributed by atoms with Gasteiger partial charge in [0, 0.05) is 42.7 Å². The summed E-state index contributed by atoms with van der Waals surface area (Å²) < 4.78 is 32.5. The first-order valence-electron chi connectivity index (χ1n) is 22.1. The maximum atomic E-state index is 15.4. The number of carbonyl (C=O) groups excluding carboxylic acids is 7. The number of nitrogens with one attached hydrogen (secondary N) is 5. The van der Waals surface area contributed by atoms with Crippen molar-refractivity contribution < 1.29 is 57.3 Å². The smallest absolute Gasteiger partial charge is 0.343 e. The number of hydrogen-bond acceptors (Lipinski definition) is 13. The molecule has 1 aliphatic carbocycles. The van der Waals surface area contributed by atoms with Gasteiger partial charge in [0.25, 0.3) is 5.56 Å². The van der Waals surface area contributed by atoms with E-state index in [0.717, 1.165) is 5.56 Å². The van der Waals surface area contributed by atoms with E-state index in [1.54, 1.807) is 19.9 Å². The van der Waals surface area contributed by atoms with Crippen LogP contribution in [-0.4, -0.2) is 119 Å². The Morgan fingerprint density at radius 2 is 1.68 bits per heavy atom. The number of hydrogen-bond donors (Lipinski definition) is 6. The number of halogens is 1. The number of cyclic esters (lactones) is 1. The monoisotopic (exact) mass is 918 g/mol. The van der Waals surface area contributed by atoms with E-state index in [9.17, 15) is 43.5 Å². The minimum absolute atomic E-state index is 0.0392. The number of amides is 6. The number of benzene rings is 1. The molecule has 3 aromatic rings. The van der Waals surface area contributed by atoms with Gasteiger partial charge in [-0.15, -0.1) is 0 Å². The lowest BCUT2D eigenvalue weighted by atomic mass is 9.81. The van der Waals surface area contributed by atoms with Crippen molar-refractivity contribution in [2.45, 2.75) is 122 Å². The number of aliphatic hydroxyl groups is 1. The maximum Gasteiger partial charge on any atom is 0.343 e. The number of aryl methyl sites for hydroxylation is 1. The first-order valence-corrected chi connectivity index (χ1v) is 22.1. The number of ether oxygens (including phenoxy) is 3. The van der Waals surface area contributed by atoms with Gasteiger partial charge < -0.3 is 55.4 Å². The van der Waals surface area contributed by atoms with Gasteiger partial charge in [0.2, 0.25) is 35.4 Å². The molecule has 6 N–H and O–H groups in total. The number of nitrogens with zero attached hydrogens (tertiary/aromatic N) is 3. The molecular formula is C45H55FN8O12. The summed E-state index contributed by atoms with van der Waals surface area (Å²) in [5.74, 6) is -4.50. The molecule has 0 bridgehead atoms. The van der Waals surface area contributed by atoms with Gasteiger partial charge in [-0.2, -0.15) is 0 Å². The van der Waals surface area contributed by atoms with Gasteiger partial charge >= 0.3 is 5.97 Å². The number of aromatic nitrogens is 2. The third-order valence-electron chi connectivity index (χ3n) is 13.0. The van der Waals surface area contributed by atoms with Crippen LogP contribution in [0.25, 0.3) is 22.3 Å². The Kier molecular flexibility index (Phi) is 13.9. The Morgan fingerprint density at radius 3 is 2.38 bits per heavy atom. The number of fused-ring (bicyclic) bond motifs is 5. The molecule has 7 rings (SSSR count). The van der Waals surface area contributed by atoms with Crippen LogP contribution in [0.15, 0.2) is 16.9 Å². The highest BCUT2D eigenvalue weighted by atomic mass is 19.1. The van der Waals surface area contributed by atoms with Crippen molar-refractivity contribution in [2.75, 3.05) is 33.6 Å². The molecule has 0 spiro atoms. The van der Waals surface area contributed by atoms with Crippen LogP contribution in [0.3, 0.4) is 0 Å². The molecule has 6 atom stereocenters. The largest absolute Gasteiger partial charge is 0.458 e. The summed E-state index contributed by atoms with van der Waals surface area (Å²) >= 11 is 0. The number of carbonyl (C=O) groups is 7. The maximum absolute atomic E-state index is 15.4. The summed E-state index contributed by atoms with van der Waals surface area (Å²) in [6.07, 6.45) is 1.74. The zero-order chi connectivity index (χ0) is 47.8. The molecule has 6 amide bonds. The van der Waals surface area contributed by atoms with E-state index in [-0.39, 0.29) is 57.0 Å². The third-order valence-corrected chi connectivity index (χ3v) is 13.0. The van der Waals surface area contributed by atoms with Crippen LogP contribution in [0.1, 0.15) is 99.2 Å². The molecule has 21 heteroatoms. The van der Waals surface area contributed by atoms with Gasteiger partial charge in [-0.1, -0.05) is 6.92 Å². The molecule has 354 valence electrons. The summed E-state index contributed by atoms with van der Waals surface area (Å²) in [4.78, 5) is 110. The highest BCUT2D eigenvalue weighted by molar-refractivity contribution is 5.96. The third kappa shape index (κ3) is 8.98. The number of rotatable bonds is 16. The number of esters is 1. The molecular weight excluding hydrogens is 864 g/mol. The van der Waals surface area contributed by atoms with E-state index >= 15 is 4.39 Å². The molecule has 3 aliphatic heterocycles. The first-order chi connectivity index (χ1) is 31.4. The van der Waals surface area contributed by atoms with Crippen LogP contribution in [-0.2, 0) is 72.9 Å². The Labute approximate surface area is 378 Å². The summed E-state index contributed by atoms with van der Waals surface area (Å²) in [5.41, 5.74) is 1.35. The predicted molar refractivity (Wildman–Crippen MR) is 231 cm³/mol. The van der Waals surface area contributed by atoms with Gasteiger partial charge in [0.05, 0.1) is 41.7 Å². The molecule has 2 aromatic heterocycles. The summed E-state index contributed by atoms with van der Waals surface area (Å²) in [6.45, 7) is 6.98. The molecule has 66 heavy (non-hydrogen) atoms. The van der Waals surface area contributed by atoms with Crippen LogP contribution in [0, 0.1) is 12.7 Å². The Bertz CT molecular complexity index is 2580. The van der Waals surface area contributed by atoms with Gasteiger partial charge in [0.1, 0.15) is 49.9 Å². The Balaban J connectivity index is 0.980. The van der Waals surface area contributed by atoms with Crippen molar-refractivity contribution in [3.05, 3.63) is 61.7 Å². The van der Waals surface area contributed by atoms with Gasteiger partial charge in [-0.05, 0) is 82.6 Å². The zero-order valence-corrected chi connectivity index (χ0v) is 37.7. The van der Waals surface area contributed by atoms with Gasteiger partial charge in [0.15, 0.2) is 5.60 Å². The van der Waals surface area contributed by atoms with Crippen molar-refractivity contribution in [1.82, 2.24) is 41.0 Å². The second-order valence-electron chi connectivity index (χ2n) is 17.2. The standard InChI is InChI=1S/C45H55FN8O12/c1-7-45(63)28-15-33-38-26(17-54(33)43(61)27(28)18-66-44(45)62)37-30(11-10-25-21(2)29(46)16-31(51-38)36(25)37)52-42(60)32-9-8-13-53(32)35(56)19-65-20-47-39(57)22(3)49-41(59)24(5)50-40(58)23(4)48-34(55)12-14-64-6/h15-16,22-24,30,32,63H,7-14,17-20H2,1-6H3,(H,47,57)(H,48,55)(H,49,59)(H,50,58)(H,52,60)/t22-,23-,24+,30-,32-,45-/m0/s1. The van der Waals surface area contributed by atoms with Crippen molar-refractivity contribution in [3.8, 4) is 11.4 Å². The minimum Gasteiger partial charge on any atom is -0.458 e. The second kappa shape index (κ2) is 19.3. The van der Waals surface area contributed by atoms with Crippen LogP contribution >= 0.6 is 0 Å². The minimum atomic E-state index is -2.04. The topological polar surface area (TPSA) is 266 Å². The van der Waals surface area contributed by atoms with E-state index in [1.807, 2.05) is 0 Å². The molecule has 0 unspecified atom stereocenters. The molecule has 4 aliphatic rings.